The van der Waals surface area contributed by atoms with Gasteiger partial charge in [0.15, 0.2) is 0 Å². The molecule has 1 rings (SSSR count). The van der Waals surface area contributed by atoms with Gasteiger partial charge in [-0.2, -0.15) is 0 Å². The van der Waals surface area contributed by atoms with Crippen LogP contribution in [0.25, 0.3) is 0 Å². The third-order valence-corrected chi connectivity index (χ3v) is 3.15. The second kappa shape index (κ2) is 5.83. The van der Waals surface area contributed by atoms with Gasteiger partial charge in [0, 0.05) is 31.5 Å². The lowest BCUT2D eigenvalue weighted by atomic mass is 9.89. The first-order valence-corrected chi connectivity index (χ1v) is 7.35. The van der Waals surface area contributed by atoms with Crippen molar-refractivity contribution in [3.63, 3.8) is 0 Å². The zero-order valence-corrected chi connectivity index (χ0v) is 13.9. The van der Waals surface area contributed by atoms with Crippen molar-refractivity contribution in [1.82, 2.24) is 10.2 Å². The molecule has 0 aliphatic carbocycles. The number of nitrogens with zero attached hydrogens (tertiary/aromatic N) is 1. The number of carbonyl (C=O) groups excluding carboxylic acids is 2. The number of rotatable bonds is 1. The van der Waals surface area contributed by atoms with E-state index in [0.717, 1.165) is 0 Å². The summed E-state index contributed by atoms with van der Waals surface area (Å²) in [6, 6.07) is 0. The van der Waals surface area contributed by atoms with Gasteiger partial charge < -0.3 is 20.1 Å². The van der Waals surface area contributed by atoms with Gasteiger partial charge in [-0.25, -0.2) is 4.79 Å². The first-order valence-electron chi connectivity index (χ1n) is 7.35. The number of nitrogens with one attached hydrogen (secondary N) is 1. The molecule has 2 amide bonds. The molecule has 0 saturated carbocycles. The van der Waals surface area contributed by atoms with Crippen molar-refractivity contribution in [2.24, 2.45) is 0 Å². The molecule has 6 nitrogen and oxygen atoms in total. The molecule has 1 fully saturated rings. The molecule has 122 valence electrons. The lowest BCUT2D eigenvalue weighted by molar-refractivity contribution is -0.146. The quantitative estimate of drug-likeness (QED) is 0.772. The highest BCUT2D eigenvalue weighted by Crippen LogP contribution is 2.24. The van der Waals surface area contributed by atoms with Crippen LogP contribution in [0.3, 0.4) is 0 Å². The van der Waals surface area contributed by atoms with E-state index in [1.165, 1.54) is 4.90 Å². The highest BCUT2D eigenvalue weighted by atomic mass is 16.6. The molecule has 0 aromatic heterocycles. The number of hydrogen-bond donors (Lipinski definition) is 2. The van der Waals surface area contributed by atoms with Crippen molar-refractivity contribution in [1.29, 1.82) is 0 Å². The van der Waals surface area contributed by atoms with E-state index in [1.54, 1.807) is 0 Å². The van der Waals surface area contributed by atoms with Crippen molar-refractivity contribution >= 4 is 12.0 Å². The summed E-state index contributed by atoms with van der Waals surface area (Å²) >= 11 is 0. The number of amides is 2. The minimum Gasteiger partial charge on any atom is -0.444 e. The molecule has 0 aromatic carbocycles. The first-order chi connectivity index (χ1) is 9.32. The molecule has 2 N–H and O–H groups in total. The number of piperidine rings is 1. The second-order valence-corrected chi connectivity index (χ2v) is 7.70. The Morgan fingerprint density at radius 1 is 1.10 bits per heavy atom. The van der Waals surface area contributed by atoms with Gasteiger partial charge in [-0.15, -0.1) is 0 Å². The Balaban J connectivity index is 2.58. The molecule has 0 unspecified atom stereocenters. The first kappa shape index (κ1) is 17.8. The number of aliphatic hydroxyl groups is 1. The standard InChI is InChI=1S/C15H28N2O4/c1-13(2,3)16-11(18)15(20)7-9-17(10-8-15)12(19)21-14(4,5)6/h20H,7-10H2,1-6H3,(H,16,18). The van der Waals surface area contributed by atoms with Crippen molar-refractivity contribution in [2.75, 3.05) is 13.1 Å². The Morgan fingerprint density at radius 2 is 1.57 bits per heavy atom. The second-order valence-electron chi connectivity index (χ2n) is 7.70. The molecule has 0 radical (unpaired) electrons. The monoisotopic (exact) mass is 300 g/mol. The number of likely N-dealkylation sites (tertiary alicyclic amines) is 1. The summed E-state index contributed by atoms with van der Waals surface area (Å²) in [5.41, 5.74) is -2.35. The molecule has 1 heterocycles. The summed E-state index contributed by atoms with van der Waals surface area (Å²) in [7, 11) is 0. The Morgan fingerprint density at radius 3 is 1.95 bits per heavy atom. The van der Waals surface area contributed by atoms with Crippen LogP contribution in [0.1, 0.15) is 54.4 Å². The summed E-state index contributed by atoms with van der Waals surface area (Å²) in [5, 5.41) is 13.2. The average Bonchev–Trinajstić information content (AvgIpc) is 2.25. The Bertz CT molecular complexity index is 399. The van der Waals surface area contributed by atoms with Crippen LogP contribution in [-0.4, -0.2) is 51.8 Å². The van der Waals surface area contributed by atoms with Crippen molar-refractivity contribution in [2.45, 2.75) is 71.1 Å². The Labute approximate surface area is 126 Å². The van der Waals surface area contributed by atoms with E-state index in [2.05, 4.69) is 5.32 Å². The minimum atomic E-state index is -1.41. The molecule has 1 saturated heterocycles. The van der Waals surface area contributed by atoms with Gasteiger partial charge in [0.25, 0.3) is 5.91 Å². The molecule has 0 spiro atoms. The number of carbonyl (C=O) groups is 2. The maximum atomic E-state index is 12.1. The van der Waals surface area contributed by atoms with Gasteiger partial charge in [0.2, 0.25) is 0 Å². The van der Waals surface area contributed by atoms with E-state index in [4.69, 9.17) is 4.74 Å². The molecule has 0 aromatic rings. The molecule has 6 heteroatoms. The van der Waals surface area contributed by atoms with E-state index >= 15 is 0 Å². The van der Waals surface area contributed by atoms with Crippen LogP contribution in [0.5, 0.6) is 0 Å². The number of ether oxygens (including phenoxy) is 1. The van der Waals surface area contributed by atoms with Gasteiger partial charge in [0.1, 0.15) is 11.2 Å². The molecular formula is C15H28N2O4. The summed E-state index contributed by atoms with van der Waals surface area (Å²) in [5.74, 6) is -0.376. The lowest BCUT2D eigenvalue weighted by Gasteiger charge is -2.38. The average molecular weight is 300 g/mol. The van der Waals surface area contributed by atoms with E-state index in [9.17, 15) is 14.7 Å². The van der Waals surface area contributed by atoms with Gasteiger partial charge in [0.05, 0.1) is 0 Å². The Kier molecular flexibility index (Phi) is 4.93. The highest BCUT2D eigenvalue weighted by molar-refractivity contribution is 5.85. The summed E-state index contributed by atoms with van der Waals surface area (Å²) < 4.78 is 5.29. The summed E-state index contributed by atoms with van der Waals surface area (Å²) in [4.78, 5) is 25.6. The lowest BCUT2D eigenvalue weighted by Crippen LogP contribution is -2.58. The molecule has 0 atom stereocenters. The fourth-order valence-electron chi connectivity index (χ4n) is 2.07. The topological polar surface area (TPSA) is 78.9 Å². The van der Waals surface area contributed by atoms with E-state index in [1.807, 2.05) is 41.5 Å². The normalized spacial score (nSPS) is 19.1. The van der Waals surface area contributed by atoms with Crippen molar-refractivity contribution < 1.29 is 19.4 Å². The van der Waals surface area contributed by atoms with Crippen LogP contribution in [0.15, 0.2) is 0 Å². The summed E-state index contributed by atoms with van der Waals surface area (Å²) in [6.45, 7) is 11.6. The molecule has 1 aliphatic heterocycles. The van der Waals surface area contributed by atoms with Gasteiger partial charge in [-0.05, 0) is 41.5 Å². The third kappa shape index (κ3) is 5.53. The van der Waals surface area contributed by atoms with E-state index in [0.29, 0.717) is 13.1 Å². The molecule has 0 bridgehead atoms. The fourth-order valence-corrected chi connectivity index (χ4v) is 2.07. The van der Waals surface area contributed by atoms with E-state index in [-0.39, 0.29) is 18.7 Å². The van der Waals surface area contributed by atoms with E-state index < -0.39 is 22.8 Å². The van der Waals surface area contributed by atoms with Crippen LogP contribution >= 0.6 is 0 Å². The van der Waals surface area contributed by atoms with Crippen LogP contribution < -0.4 is 5.32 Å². The van der Waals surface area contributed by atoms with Gasteiger partial charge >= 0.3 is 6.09 Å². The van der Waals surface area contributed by atoms with Crippen molar-refractivity contribution in [3.8, 4) is 0 Å². The van der Waals surface area contributed by atoms with Crippen LogP contribution in [0.4, 0.5) is 4.79 Å². The predicted octanol–water partition coefficient (Wildman–Crippen LogP) is 1.66. The minimum absolute atomic E-state index is 0.216. The fraction of sp³-hybridized carbons (Fsp3) is 0.867. The zero-order valence-electron chi connectivity index (χ0n) is 13.9. The van der Waals surface area contributed by atoms with Crippen LogP contribution in [0, 0.1) is 0 Å². The van der Waals surface area contributed by atoms with Gasteiger partial charge in [-0.3, -0.25) is 4.79 Å². The van der Waals surface area contributed by atoms with Crippen molar-refractivity contribution in [3.05, 3.63) is 0 Å². The molecular weight excluding hydrogens is 272 g/mol. The van der Waals surface area contributed by atoms with Gasteiger partial charge in [-0.1, -0.05) is 0 Å². The maximum Gasteiger partial charge on any atom is 0.410 e. The zero-order chi connectivity index (χ0) is 16.5. The Hall–Kier alpha value is -1.30. The highest BCUT2D eigenvalue weighted by Gasteiger charge is 2.42. The largest absolute Gasteiger partial charge is 0.444 e. The third-order valence-electron chi connectivity index (χ3n) is 3.15. The number of hydrogen-bond acceptors (Lipinski definition) is 4. The molecule has 1 aliphatic rings. The summed E-state index contributed by atoms with van der Waals surface area (Å²) in [6.07, 6.45) is 0.0308. The SMILES string of the molecule is CC(C)(C)NC(=O)C1(O)CCN(C(=O)OC(C)(C)C)CC1. The maximum absolute atomic E-state index is 12.1. The smallest absolute Gasteiger partial charge is 0.410 e. The van der Waals surface area contributed by atoms with Crippen LogP contribution in [-0.2, 0) is 9.53 Å². The van der Waals surface area contributed by atoms with Crippen LogP contribution in [0.2, 0.25) is 0 Å². The predicted molar refractivity (Wildman–Crippen MR) is 79.9 cm³/mol. The molecule has 21 heavy (non-hydrogen) atoms.